The molecule has 0 amide bonds. The van der Waals surface area contributed by atoms with E-state index >= 15 is 0 Å². The predicted molar refractivity (Wildman–Crippen MR) is 57.0 cm³/mol. The number of benzene rings is 1. The Morgan fingerprint density at radius 3 is 2.44 bits per heavy atom. The molecular weight excluding hydrogens is 212 g/mol. The molecule has 1 aromatic carbocycles. The molecule has 0 saturated carbocycles. The first kappa shape index (κ1) is 10.8. The van der Waals surface area contributed by atoms with Crippen LogP contribution in [0.5, 0.6) is 0 Å². The van der Waals surface area contributed by atoms with Gasteiger partial charge in [0.2, 0.25) is 0 Å². The lowest BCUT2D eigenvalue weighted by atomic mass is 10.2. The maximum atomic E-state index is 13.2. The van der Waals surface area contributed by atoms with Gasteiger partial charge in [-0.2, -0.15) is 0 Å². The van der Waals surface area contributed by atoms with Gasteiger partial charge >= 0.3 is 0 Å². The quantitative estimate of drug-likeness (QED) is 0.868. The van der Waals surface area contributed by atoms with Crippen LogP contribution in [0.2, 0.25) is 0 Å². The molecule has 1 atom stereocenters. The minimum absolute atomic E-state index is 0.115. The summed E-state index contributed by atoms with van der Waals surface area (Å²) >= 11 is 0. The Bertz CT molecular complexity index is 464. The molecule has 84 valence electrons. The molecule has 2 rings (SSSR count). The summed E-state index contributed by atoms with van der Waals surface area (Å²) in [6.45, 7) is -0.115. The highest BCUT2D eigenvalue weighted by Gasteiger charge is 2.13. The third kappa shape index (κ3) is 2.12. The first-order chi connectivity index (χ1) is 7.70. The van der Waals surface area contributed by atoms with Crippen molar-refractivity contribution in [2.45, 2.75) is 6.17 Å². The third-order valence-corrected chi connectivity index (χ3v) is 2.27. The van der Waals surface area contributed by atoms with Gasteiger partial charge < -0.3 is 10.2 Å². The van der Waals surface area contributed by atoms with E-state index in [1.54, 1.807) is 18.2 Å². The maximum absolute atomic E-state index is 13.2. The highest BCUT2D eigenvalue weighted by atomic mass is 19.1. The van der Waals surface area contributed by atoms with E-state index in [4.69, 9.17) is 10.2 Å². The molecule has 2 nitrogen and oxygen atoms in total. The zero-order valence-corrected chi connectivity index (χ0v) is 8.49. The molecule has 0 aliphatic carbocycles. The van der Waals surface area contributed by atoms with Crippen molar-refractivity contribution in [3.63, 3.8) is 0 Å². The molecule has 0 spiro atoms. The second kappa shape index (κ2) is 4.45. The zero-order chi connectivity index (χ0) is 11.5. The standard InChI is InChI=1S/C12H11F2NO/c13-9-3-1-8(2-4-9)11-5-6-12(16-11)10(14)7-15/h1-6,10H,7,15H2. The Kier molecular flexibility index (Phi) is 3.01. The van der Waals surface area contributed by atoms with Crippen molar-refractivity contribution in [3.8, 4) is 11.3 Å². The minimum atomic E-state index is -1.30. The minimum Gasteiger partial charge on any atom is -0.458 e. The summed E-state index contributed by atoms with van der Waals surface area (Å²) in [4.78, 5) is 0. The van der Waals surface area contributed by atoms with Crippen LogP contribution in [0.1, 0.15) is 11.9 Å². The summed E-state index contributed by atoms with van der Waals surface area (Å²) in [7, 11) is 0. The lowest BCUT2D eigenvalue weighted by Gasteiger charge is -2.00. The van der Waals surface area contributed by atoms with Crippen LogP contribution < -0.4 is 5.73 Å². The SMILES string of the molecule is NCC(F)c1ccc(-c2ccc(F)cc2)o1. The van der Waals surface area contributed by atoms with Crippen LogP contribution in [0.4, 0.5) is 8.78 Å². The van der Waals surface area contributed by atoms with Gasteiger partial charge in [-0.25, -0.2) is 8.78 Å². The van der Waals surface area contributed by atoms with Gasteiger partial charge in [0.25, 0.3) is 0 Å². The van der Waals surface area contributed by atoms with Crippen LogP contribution in [0, 0.1) is 5.82 Å². The van der Waals surface area contributed by atoms with E-state index in [0.29, 0.717) is 11.3 Å². The Morgan fingerprint density at radius 2 is 1.81 bits per heavy atom. The van der Waals surface area contributed by atoms with Gasteiger partial charge in [-0.05, 0) is 36.4 Å². The van der Waals surface area contributed by atoms with Gasteiger partial charge in [-0.3, -0.25) is 0 Å². The van der Waals surface area contributed by atoms with E-state index in [1.807, 2.05) is 0 Å². The van der Waals surface area contributed by atoms with Crippen LogP contribution in [-0.4, -0.2) is 6.54 Å². The van der Waals surface area contributed by atoms with Crippen molar-refractivity contribution in [1.82, 2.24) is 0 Å². The van der Waals surface area contributed by atoms with Crippen molar-refractivity contribution in [2.75, 3.05) is 6.54 Å². The third-order valence-electron chi connectivity index (χ3n) is 2.27. The molecule has 0 bridgehead atoms. The predicted octanol–water partition coefficient (Wildman–Crippen LogP) is 3.06. The topological polar surface area (TPSA) is 39.2 Å². The average molecular weight is 223 g/mol. The van der Waals surface area contributed by atoms with Crippen LogP contribution in [0.15, 0.2) is 40.8 Å². The summed E-state index contributed by atoms with van der Waals surface area (Å²) in [6, 6.07) is 8.99. The maximum Gasteiger partial charge on any atom is 0.170 e. The number of rotatable bonds is 3. The fraction of sp³-hybridized carbons (Fsp3) is 0.167. The number of alkyl halides is 1. The van der Waals surface area contributed by atoms with Gasteiger partial charge in [-0.1, -0.05) is 0 Å². The molecule has 0 fully saturated rings. The average Bonchev–Trinajstić information content (AvgIpc) is 2.78. The van der Waals surface area contributed by atoms with Crippen molar-refractivity contribution in [1.29, 1.82) is 0 Å². The number of nitrogens with two attached hydrogens (primary N) is 1. The number of hydrogen-bond donors (Lipinski definition) is 1. The molecule has 0 aliphatic heterocycles. The normalized spacial score (nSPS) is 12.7. The molecule has 16 heavy (non-hydrogen) atoms. The highest BCUT2D eigenvalue weighted by molar-refractivity contribution is 5.57. The van der Waals surface area contributed by atoms with Gasteiger partial charge in [0, 0.05) is 12.1 Å². The summed E-state index contributed by atoms with van der Waals surface area (Å²) in [5.41, 5.74) is 5.89. The molecule has 1 unspecified atom stereocenters. The van der Waals surface area contributed by atoms with Gasteiger partial charge in [0.1, 0.15) is 17.3 Å². The van der Waals surface area contributed by atoms with Crippen molar-refractivity contribution >= 4 is 0 Å². The molecule has 4 heteroatoms. The van der Waals surface area contributed by atoms with Crippen LogP contribution in [0.25, 0.3) is 11.3 Å². The van der Waals surface area contributed by atoms with Crippen molar-refractivity contribution < 1.29 is 13.2 Å². The molecule has 2 aromatic rings. The number of furan rings is 1. The number of halogens is 2. The van der Waals surface area contributed by atoms with Crippen molar-refractivity contribution in [3.05, 3.63) is 48.0 Å². The Balaban J connectivity index is 2.28. The van der Waals surface area contributed by atoms with E-state index in [1.165, 1.54) is 18.2 Å². The molecule has 0 aliphatic rings. The van der Waals surface area contributed by atoms with E-state index in [0.717, 1.165) is 0 Å². The first-order valence-corrected chi connectivity index (χ1v) is 4.90. The smallest absolute Gasteiger partial charge is 0.170 e. The van der Waals surface area contributed by atoms with E-state index in [2.05, 4.69) is 0 Å². The molecule has 0 saturated heterocycles. The fourth-order valence-electron chi connectivity index (χ4n) is 1.41. The molecular formula is C12H11F2NO. The van der Waals surface area contributed by atoms with Gasteiger partial charge in [0.15, 0.2) is 6.17 Å². The lowest BCUT2D eigenvalue weighted by Crippen LogP contribution is -2.06. The van der Waals surface area contributed by atoms with Crippen LogP contribution in [-0.2, 0) is 0 Å². The van der Waals surface area contributed by atoms with Crippen LogP contribution in [0.3, 0.4) is 0 Å². The molecule has 2 N–H and O–H groups in total. The summed E-state index contributed by atoms with van der Waals surface area (Å²) < 4.78 is 31.1. The monoisotopic (exact) mass is 223 g/mol. The lowest BCUT2D eigenvalue weighted by molar-refractivity contribution is 0.297. The fourth-order valence-corrected chi connectivity index (χ4v) is 1.41. The summed E-state index contributed by atoms with van der Waals surface area (Å²) in [5.74, 6) is 0.383. The largest absolute Gasteiger partial charge is 0.458 e. The van der Waals surface area contributed by atoms with Gasteiger partial charge in [0.05, 0.1) is 0 Å². The van der Waals surface area contributed by atoms with E-state index in [9.17, 15) is 8.78 Å². The van der Waals surface area contributed by atoms with Crippen molar-refractivity contribution in [2.24, 2.45) is 5.73 Å². The number of hydrogen-bond acceptors (Lipinski definition) is 2. The summed E-state index contributed by atoms with van der Waals surface area (Å²) in [5, 5.41) is 0. The first-order valence-electron chi connectivity index (χ1n) is 4.90. The van der Waals surface area contributed by atoms with E-state index < -0.39 is 6.17 Å². The van der Waals surface area contributed by atoms with Crippen LogP contribution >= 0.6 is 0 Å². The van der Waals surface area contributed by atoms with E-state index in [-0.39, 0.29) is 18.1 Å². The van der Waals surface area contributed by atoms with Gasteiger partial charge in [-0.15, -0.1) is 0 Å². The Morgan fingerprint density at radius 1 is 1.12 bits per heavy atom. The molecule has 1 heterocycles. The highest BCUT2D eigenvalue weighted by Crippen LogP contribution is 2.26. The molecule has 1 aromatic heterocycles. The zero-order valence-electron chi connectivity index (χ0n) is 8.49. The second-order valence-corrected chi connectivity index (χ2v) is 3.41. The second-order valence-electron chi connectivity index (χ2n) is 3.41. The summed E-state index contributed by atoms with van der Waals surface area (Å²) in [6.07, 6.45) is -1.30. The Hall–Kier alpha value is -1.68. The molecule has 0 radical (unpaired) electrons. The Labute approximate surface area is 91.7 Å².